The Morgan fingerprint density at radius 2 is 1.40 bits per heavy atom. The van der Waals surface area contributed by atoms with E-state index in [2.05, 4.69) is 10.6 Å². The van der Waals surface area contributed by atoms with Crippen molar-refractivity contribution >= 4 is 63.8 Å². The number of carbonyl (C=O) groups excluding carboxylic acids is 1. The van der Waals surface area contributed by atoms with Crippen LogP contribution >= 0.6 is 46.4 Å². The second kappa shape index (κ2) is 6.55. The minimum Gasteiger partial charge on any atom is -0.308 e. The lowest BCUT2D eigenvalue weighted by molar-refractivity contribution is 0.262. The number of anilines is 2. The van der Waals surface area contributed by atoms with Crippen molar-refractivity contribution in [2.45, 2.75) is 0 Å². The molecule has 2 amide bonds. The van der Waals surface area contributed by atoms with Gasteiger partial charge in [-0.2, -0.15) is 0 Å². The van der Waals surface area contributed by atoms with Gasteiger partial charge in [0.1, 0.15) is 0 Å². The Bertz CT molecular complexity index is 644. The van der Waals surface area contributed by atoms with E-state index in [-0.39, 0.29) is 0 Å². The Kier molecular flexibility index (Phi) is 5.00. The summed E-state index contributed by atoms with van der Waals surface area (Å²) in [6.07, 6.45) is 0. The third-order valence-electron chi connectivity index (χ3n) is 2.36. The van der Waals surface area contributed by atoms with Gasteiger partial charge in [0, 0.05) is 10.7 Å². The summed E-state index contributed by atoms with van der Waals surface area (Å²) in [6, 6.07) is 9.19. The number of amides is 2. The number of rotatable bonds is 2. The normalized spacial score (nSPS) is 10.2. The number of nitrogens with one attached hydrogen (secondary N) is 2. The number of halogens is 4. The fourth-order valence-electron chi connectivity index (χ4n) is 1.44. The van der Waals surface area contributed by atoms with E-state index >= 15 is 0 Å². The van der Waals surface area contributed by atoms with Crippen LogP contribution in [0.25, 0.3) is 0 Å². The van der Waals surface area contributed by atoms with Gasteiger partial charge in [-0.25, -0.2) is 4.79 Å². The molecule has 7 heteroatoms. The highest BCUT2D eigenvalue weighted by molar-refractivity contribution is 6.44. The maximum absolute atomic E-state index is 11.8. The molecule has 3 nitrogen and oxygen atoms in total. The molecule has 0 saturated heterocycles. The van der Waals surface area contributed by atoms with Crippen LogP contribution in [0.2, 0.25) is 20.1 Å². The molecule has 2 aromatic rings. The molecular weight excluding hydrogens is 342 g/mol. The van der Waals surface area contributed by atoms with Crippen LogP contribution in [0.3, 0.4) is 0 Å². The average Bonchev–Trinajstić information content (AvgIpc) is 2.39. The zero-order valence-corrected chi connectivity index (χ0v) is 12.9. The predicted molar refractivity (Wildman–Crippen MR) is 85.6 cm³/mol. The molecule has 0 radical (unpaired) electrons. The Hall–Kier alpha value is -1.13. The van der Waals surface area contributed by atoms with Crippen LogP contribution in [0.15, 0.2) is 36.4 Å². The minimum absolute atomic E-state index is 0.297. The second-order valence-corrected chi connectivity index (χ2v) is 5.49. The maximum atomic E-state index is 11.8. The molecule has 2 aromatic carbocycles. The largest absolute Gasteiger partial charge is 0.323 e. The molecule has 0 atom stereocenters. The molecule has 104 valence electrons. The molecule has 2 rings (SSSR count). The summed E-state index contributed by atoms with van der Waals surface area (Å²) in [5.74, 6) is 0. The van der Waals surface area contributed by atoms with E-state index in [0.717, 1.165) is 0 Å². The summed E-state index contributed by atoms with van der Waals surface area (Å²) in [5.41, 5.74) is 0.968. The molecule has 0 saturated carbocycles. The van der Waals surface area contributed by atoms with Crippen molar-refractivity contribution in [1.82, 2.24) is 0 Å². The Balaban J connectivity index is 2.08. The molecule has 0 heterocycles. The third kappa shape index (κ3) is 3.93. The molecule has 0 aliphatic heterocycles. The van der Waals surface area contributed by atoms with Crippen LogP contribution < -0.4 is 10.6 Å². The standard InChI is InChI=1S/C13H8Cl4N2O/c14-7-1-3-8(4-2-7)18-13(20)19-12-6-10(16)9(15)5-11(12)17/h1-6H,(H2,18,19,20). The van der Waals surface area contributed by atoms with Gasteiger partial charge in [-0.05, 0) is 36.4 Å². The summed E-state index contributed by atoms with van der Waals surface area (Å²) < 4.78 is 0. The first-order valence-corrected chi connectivity index (χ1v) is 6.95. The number of hydrogen-bond acceptors (Lipinski definition) is 1. The van der Waals surface area contributed by atoms with Gasteiger partial charge in [0.2, 0.25) is 0 Å². The van der Waals surface area contributed by atoms with E-state index < -0.39 is 6.03 Å². The molecule has 20 heavy (non-hydrogen) atoms. The predicted octanol–water partition coefficient (Wildman–Crippen LogP) is 5.94. The molecule has 2 N–H and O–H groups in total. The van der Waals surface area contributed by atoms with E-state index in [1.807, 2.05) is 0 Å². The number of benzene rings is 2. The second-order valence-electron chi connectivity index (χ2n) is 3.83. The molecule has 0 bridgehead atoms. The fourth-order valence-corrected chi connectivity index (χ4v) is 2.16. The first-order chi connectivity index (χ1) is 9.45. The molecule has 0 aromatic heterocycles. The van der Waals surface area contributed by atoms with Crippen LogP contribution in [0.4, 0.5) is 16.2 Å². The van der Waals surface area contributed by atoms with Crippen molar-refractivity contribution < 1.29 is 4.79 Å². The van der Waals surface area contributed by atoms with Crippen molar-refractivity contribution in [3.63, 3.8) is 0 Å². The lowest BCUT2D eigenvalue weighted by atomic mass is 10.3. The monoisotopic (exact) mass is 348 g/mol. The van der Waals surface area contributed by atoms with Gasteiger partial charge >= 0.3 is 6.03 Å². The van der Waals surface area contributed by atoms with Crippen LogP contribution in [-0.2, 0) is 0 Å². The Morgan fingerprint density at radius 3 is 2.05 bits per heavy atom. The van der Waals surface area contributed by atoms with Crippen LogP contribution in [0.5, 0.6) is 0 Å². The highest BCUT2D eigenvalue weighted by atomic mass is 35.5. The Labute approximate surface area is 135 Å². The van der Waals surface area contributed by atoms with Crippen molar-refractivity contribution in [3.05, 3.63) is 56.5 Å². The first-order valence-electron chi connectivity index (χ1n) is 5.44. The summed E-state index contributed by atoms with van der Waals surface area (Å²) in [4.78, 5) is 11.8. The van der Waals surface area contributed by atoms with Gasteiger partial charge in [0.05, 0.1) is 20.8 Å². The van der Waals surface area contributed by atoms with Gasteiger partial charge in [-0.15, -0.1) is 0 Å². The minimum atomic E-state index is -0.451. The van der Waals surface area contributed by atoms with E-state index in [1.54, 1.807) is 24.3 Å². The summed E-state index contributed by atoms with van der Waals surface area (Å²) >= 11 is 23.4. The van der Waals surface area contributed by atoms with Crippen LogP contribution in [0.1, 0.15) is 0 Å². The summed E-state index contributed by atoms with van der Waals surface area (Å²) in [5, 5.41) is 6.73. The van der Waals surface area contributed by atoms with Gasteiger partial charge in [-0.1, -0.05) is 46.4 Å². The first kappa shape index (κ1) is 15.3. The molecule has 0 fully saturated rings. The zero-order chi connectivity index (χ0) is 14.7. The average molecular weight is 350 g/mol. The zero-order valence-electron chi connectivity index (χ0n) is 9.88. The number of carbonyl (C=O) groups is 1. The van der Waals surface area contributed by atoms with E-state index in [1.165, 1.54) is 12.1 Å². The van der Waals surface area contributed by atoms with Crippen molar-refractivity contribution in [3.8, 4) is 0 Å². The van der Waals surface area contributed by atoms with Crippen molar-refractivity contribution in [2.75, 3.05) is 10.6 Å². The lowest BCUT2D eigenvalue weighted by Gasteiger charge is -2.10. The molecule has 0 spiro atoms. The van der Waals surface area contributed by atoms with Crippen LogP contribution in [0, 0.1) is 0 Å². The van der Waals surface area contributed by atoms with Crippen molar-refractivity contribution in [2.24, 2.45) is 0 Å². The highest BCUT2D eigenvalue weighted by Gasteiger charge is 2.09. The van der Waals surface area contributed by atoms with E-state index in [0.29, 0.717) is 31.5 Å². The number of hydrogen-bond donors (Lipinski definition) is 2. The quantitative estimate of drug-likeness (QED) is 0.646. The Morgan fingerprint density at radius 1 is 0.800 bits per heavy atom. The van der Waals surface area contributed by atoms with Gasteiger partial charge in [0.25, 0.3) is 0 Å². The summed E-state index contributed by atoms with van der Waals surface area (Å²) in [6.45, 7) is 0. The van der Waals surface area contributed by atoms with E-state index in [4.69, 9.17) is 46.4 Å². The fraction of sp³-hybridized carbons (Fsp3) is 0. The maximum Gasteiger partial charge on any atom is 0.323 e. The molecular formula is C13H8Cl4N2O. The lowest BCUT2D eigenvalue weighted by Crippen LogP contribution is -2.19. The third-order valence-corrected chi connectivity index (χ3v) is 3.65. The van der Waals surface area contributed by atoms with Crippen LogP contribution in [-0.4, -0.2) is 6.03 Å². The number of urea groups is 1. The summed E-state index contributed by atoms with van der Waals surface area (Å²) in [7, 11) is 0. The molecule has 0 aliphatic carbocycles. The van der Waals surface area contributed by atoms with Gasteiger partial charge in [0.15, 0.2) is 0 Å². The van der Waals surface area contributed by atoms with Gasteiger partial charge < -0.3 is 10.6 Å². The van der Waals surface area contributed by atoms with E-state index in [9.17, 15) is 4.79 Å². The highest BCUT2D eigenvalue weighted by Crippen LogP contribution is 2.32. The smallest absolute Gasteiger partial charge is 0.308 e. The molecule has 0 unspecified atom stereocenters. The molecule has 0 aliphatic rings. The van der Waals surface area contributed by atoms with Crippen molar-refractivity contribution in [1.29, 1.82) is 0 Å². The SMILES string of the molecule is O=C(Nc1ccc(Cl)cc1)Nc1cc(Cl)c(Cl)cc1Cl. The van der Waals surface area contributed by atoms with Gasteiger partial charge in [-0.3, -0.25) is 0 Å². The topological polar surface area (TPSA) is 41.1 Å².